The molecule has 0 N–H and O–H groups in total. The first-order valence-electron chi connectivity index (χ1n) is 9.92. The van der Waals surface area contributed by atoms with Gasteiger partial charge in [0.25, 0.3) is 5.91 Å². The first kappa shape index (κ1) is 22.1. The SMILES string of the molecule is [C-]#[N+]c1ccc(N2C(=O)C(C)(C)N(c3cc(F)c4nc(CC)nc(Cl)c4c3)C2=S)cc1C. The van der Waals surface area contributed by atoms with E-state index in [0.717, 1.165) is 5.56 Å². The molecule has 2 heterocycles. The Morgan fingerprint density at radius 2 is 1.94 bits per heavy atom. The topological polar surface area (TPSA) is 53.7 Å². The Labute approximate surface area is 195 Å². The summed E-state index contributed by atoms with van der Waals surface area (Å²) in [5, 5.41) is 0.695. The highest BCUT2D eigenvalue weighted by Gasteiger charge is 2.50. The van der Waals surface area contributed by atoms with Gasteiger partial charge >= 0.3 is 0 Å². The third-order valence-corrected chi connectivity index (χ3v) is 6.19. The number of thiocarbonyl (C=S) groups is 1. The first-order chi connectivity index (χ1) is 15.1. The van der Waals surface area contributed by atoms with Crippen molar-refractivity contribution in [2.75, 3.05) is 9.80 Å². The minimum Gasteiger partial charge on any atom is -0.303 e. The third-order valence-electron chi connectivity index (χ3n) is 5.54. The monoisotopic (exact) mass is 467 g/mol. The molecule has 0 aliphatic carbocycles. The average Bonchev–Trinajstić information content (AvgIpc) is 2.92. The Hall–Kier alpha value is -3.15. The van der Waals surface area contributed by atoms with Gasteiger partial charge in [0.05, 0.1) is 6.57 Å². The predicted molar refractivity (Wildman–Crippen MR) is 128 cm³/mol. The fourth-order valence-electron chi connectivity index (χ4n) is 3.83. The lowest BCUT2D eigenvalue weighted by Crippen LogP contribution is -2.44. The zero-order valence-corrected chi connectivity index (χ0v) is 19.5. The van der Waals surface area contributed by atoms with Crippen LogP contribution in [0.15, 0.2) is 30.3 Å². The summed E-state index contributed by atoms with van der Waals surface area (Å²) in [6.07, 6.45) is 0.523. The molecule has 32 heavy (non-hydrogen) atoms. The van der Waals surface area contributed by atoms with Crippen LogP contribution in [0, 0.1) is 19.3 Å². The molecule has 6 nitrogen and oxygen atoms in total. The molecule has 1 aliphatic rings. The quantitative estimate of drug-likeness (QED) is 0.278. The fourth-order valence-corrected chi connectivity index (χ4v) is 4.59. The Bertz CT molecular complexity index is 1350. The van der Waals surface area contributed by atoms with E-state index in [0.29, 0.717) is 34.7 Å². The van der Waals surface area contributed by atoms with E-state index in [1.54, 1.807) is 49.9 Å². The van der Waals surface area contributed by atoms with Gasteiger partial charge in [0.1, 0.15) is 22.0 Å². The number of halogens is 2. The summed E-state index contributed by atoms with van der Waals surface area (Å²) in [5.41, 5.74) is 1.21. The molecule has 0 radical (unpaired) electrons. The van der Waals surface area contributed by atoms with Gasteiger partial charge in [0.2, 0.25) is 0 Å². The van der Waals surface area contributed by atoms with Gasteiger partial charge in [-0.05, 0) is 62.8 Å². The molecule has 2 aromatic carbocycles. The van der Waals surface area contributed by atoms with Crippen molar-refractivity contribution in [3.63, 3.8) is 0 Å². The molecule has 1 saturated heterocycles. The number of benzene rings is 2. The van der Waals surface area contributed by atoms with Gasteiger partial charge in [-0.3, -0.25) is 9.69 Å². The lowest BCUT2D eigenvalue weighted by atomic mass is 10.0. The van der Waals surface area contributed by atoms with Gasteiger partial charge < -0.3 is 4.90 Å². The lowest BCUT2D eigenvalue weighted by Gasteiger charge is -2.29. The number of aromatic nitrogens is 2. The molecule has 4 rings (SSSR count). The number of anilines is 2. The van der Waals surface area contributed by atoms with Crippen LogP contribution in [0.25, 0.3) is 15.7 Å². The molecule has 1 aromatic heterocycles. The number of fused-ring (bicyclic) bond motifs is 1. The maximum absolute atomic E-state index is 15.1. The van der Waals surface area contributed by atoms with Crippen LogP contribution in [0.4, 0.5) is 21.5 Å². The van der Waals surface area contributed by atoms with E-state index in [9.17, 15) is 4.79 Å². The summed E-state index contributed by atoms with van der Waals surface area (Å²) in [4.78, 5) is 28.3. The number of aryl methyl sites for hydroxylation is 2. The van der Waals surface area contributed by atoms with Gasteiger partial charge in [-0.15, -0.1) is 0 Å². The number of carbonyl (C=O) groups is 1. The van der Waals surface area contributed by atoms with E-state index in [1.165, 1.54) is 11.0 Å². The molecule has 1 aliphatic heterocycles. The van der Waals surface area contributed by atoms with Crippen LogP contribution in [0.1, 0.15) is 32.2 Å². The highest BCUT2D eigenvalue weighted by atomic mass is 35.5. The maximum atomic E-state index is 15.1. The van der Waals surface area contributed by atoms with E-state index in [2.05, 4.69) is 14.8 Å². The molecule has 1 amide bonds. The summed E-state index contributed by atoms with van der Waals surface area (Å²) < 4.78 is 15.1. The average molecular weight is 468 g/mol. The minimum atomic E-state index is -1.08. The number of nitrogens with zero attached hydrogens (tertiary/aromatic N) is 5. The van der Waals surface area contributed by atoms with Crippen molar-refractivity contribution in [2.45, 2.75) is 39.7 Å². The van der Waals surface area contributed by atoms with E-state index in [-0.39, 0.29) is 21.7 Å². The van der Waals surface area contributed by atoms with Crippen LogP contribution in [0.2, 0.25) is 5.15 Å². The molecule has 3 aromatic rings. The van der Waals surface area contributed by atoms with Crippen molar-refractivity contribution in [1.29, 1.82) is 0 Å². The molecular weight excluding hydrogens is 449 g/mol. The number of amides is 1. The summed E-state index contributed by atoms with van der Waals surface area (Å²) >= 11 is 12.0. The van der Waals surface area contributed by atoms with Gasteiger partial charge in [0, 0.05) is 23.2 Å². The van der Waals surface area contributed by atoms with Crippen LogP contribution < -0.4 is 9.80 Å². The van der Waals surface area contributed by atoms with Crippen molar-refractivity contribution in [1.82, 2.24) is 9.97 Å². The van der Waals surface area contributed by atoms with E-state index < -0.39 is 11.4 Å². The number of hydrogen-bond donors (Lipinski definition) is 0. The number of carbonyl (C=O) groups excluding carboxylic acids is 1. The summed E-state index contributed by atoms with van der Waals surface area (Å²) in [6.45, 7) is 14.3. The minimum absolute atomic E-state index is 0.127. The molecule has 1 fully saturated rings. The third kappa shape index (κ3) is 3.29. The van der Waals surface area contributed by atoms with Crippen molar-refractivity contribution < 1.29 is 9.18 Å². The zero-order chi connectivity index (χ0) is 23.4. The van der Waals surface area contributed by atoms with E-state index in [1.807, 2.05) is 6.92 Å². The molecule has 0 atom stereocenters. The predicted octanol–water partition coefficient (Wildman–Crippen LogP) is 5.76. The summed E-state index contributed by atoms with van der Waals surface area (Å²) in [7, 11) is 0. The van der Waals surface area contributed by atoms with Gasteiger partial charge in [-0.2, -0.15) is 0 Å². The normalized spacial score (nSPS) is 15.5. The van der Waals surface area contributed by atoms with Crippen molar-refractivity contribution >= 4 is 62.8 Å². The number of rotatable bonds is 3. The standard InChI is InChI=1S/C23H19ClFN5OS/c1-6-18-27-19-15(20(24)28-18)10-14(11-16(19)25)30-22(32)29(21(31)23(30,3)4)13-7-8-17(26-5)12(2)9-13/h7-11H,6H2,1-4H3. The van der Waals surface area contributed by atoms with Crippen molar-refractivity contribution in [2.24, 2.45) is 0 Å². The van der Waals surface area contributed by atoms with Crippen LogP contribution >= 0.6 is 23.8 Å². The molecule has 0 saturated carbocycles. The van der Waals surface area contributed by atoms with Gasteiger partial charge in [-0.25, -0.2) is 19.2 Å². The smallest absolute Gasteiger partial charge is 0.259 e. The lowest BCUT2D eigenvalue weighted by molar-refractivity contribution is -0.120. The Morgan fingerprint density at radius 3 is 2.56 bits per heavy atom. The second-order valence-corrected chi connectivity index (χ2v) is 8.73. The van der Waals surface area contributed by atoms with Crippen LogP contribution in [0.3, 0.4) is 0 Å². The van der Waals surface area contributed by atoms with Crippen molar-refractivity contribution in [3.8, 4) is 0 Å². The van der Waals surface area contributed by atoms with Crippen LogP contribution in [-0.4, -0.2) is 26.5 Å². The Balaban J connectivity index is 1.85. The molecule has 0 spiro atoms. The Morgan fingerprint density at radius 1 is 1.22 bits per heavy atom. The first-order valence-corrected chi connectivity index (χ1v) is 10.7. The fraction of sp³-hybridized carbons (Fsp3) is 0.261. The largest absolute Gasteiger partial charge is 0.303 e. The zero-order valence-electron chi connectivity index (χ0n) is 17.9. The second-order valence-electron chi connectivity index (χ2n) is 8.01. The molecule has 0 bridgehead atoms. The van der Waals surface area contributed by atoms with E-state index in [4.69, 9.17) is 30.4 Å². The van der Waals surface area contributed by atoms with Gasteiger partial charge in [-0.1, -0.05) is 24.6 Å². The highest BCUT2D eigenvalue weighted by molar-refractivity contribution is 7.81. The van der Waals surface area contributed by atoms with Crippen LogP contribution in [-0.2, 0) is 11.2 Å². The maximum Gasteiger partial charge on any atom is 0.259 e. The number of hydrogen-bond acceptors (Lipinski definition) is 4. The Kier molecular flexibility index (Phi) is 5.35. The molecule has 0 unspecified atom stereocenters. The summed E-state index contributed by atoms with van der Waals surface area (Å²) in [6, 6.07) is 8.04. The second kappa shape index (κ2) is 7.76. The van der Waals surface area contributed by atoms with Gasteiger partial charge in [0.15, 0.2) is 16.6 Å². The summed E-state index contributed by atoms with van der Waals surface area (Å²) in [5.74, 6) is -0.384. The van der Waals surface area contributed by atoms with Crippen molar-refractivity contribution in [3.05, 3.63) is 64.1 Å². The van der Waals surface area contributed by atoms with Crippen LogP contribution in [0.5, 0.6) is 0 Å². The van der Waals surface area contributed by atoms with E-state index >= 15 is 4.39 Å². The molecule has 9 heteroatoms. The highest BCUT2D eigenvalue weighted by Crippen LogP contribution is 2.39. The molecule has 162 valence electrons. The molecular formula is C23H19ClFN5OS.